The molecule has 5 nitrogen and oxygen atoms in total. The van der Waals surface area contributed by atoms with Gasteiger partial charge in [0.2, 0.25) is 0 Å². The standard InChI is InChI=1S/C31H39NO4/c1-5-30(24-11-9-8-10-12-24)31(26-15-19-29(20-16-26)36-23-34-4)25-13-17-28(18-14-25)35-22-27(33)21-32(6-2)7-3/h8-20,27,33H,5-7,21-23H2,1-4H3/b31-30+. The Kier molecular flexibility index (Phi) is 11.0. The number of rotatable bonds is 14. The third-order valence-corrected chi connectivity index (χ3v) is 6.21. The molecule has 3 rings (SSSR count). The molecule has 0 saturated heterocycles. The lowest BCUT2D eigenvalue weighted by molar-refractivity contribution is 0.0511. The number of aliphatic hydroxyl groups excluding tert-OH is 1. The van der Waals surface area contributed by atoms with Gasteiger partial charge in [-0.1, -0.05) is 75.4 Å². The first kappa shape index (κ1) is 27.5. The van der Waals surface area contributed by atoms with Crippen LogP contribution >= 0.6 is 0 Å². The van der Waals surface area contributed by atoms with Crippen LogP contribution in [0, 0.1) is 0 Å². The van der Waals surface area contributed by atoms with Gasteiger partial charge in [0, 0.05) is 13.7 Å². The van der Waals surface area contributed by atoms with Crippen molar-refractivity contribution in [2.45, 2.75) is 33.3 Å². The Morgan fingerprint density at radius 3 is 1.81 bits per heavy atom. The molecular formula is C31H39NO4. The van der Waals surface area contributed by atoms with Gasteiger partial charge in [0.1, 0.15) is 24.2 Å². The molecule has 0 heterocycles. The maximum Gasteiger partial charge on any atom is 0.188 e. The lowest BCUT2D eigenvalue weighted by Crippen LogP contribution is -2.35. The predicted octanol–water partition coefficient (Wildman–Crippen LogP) is 6.12. The molecule has 0 amide bonds. The van der Waals surface area contributed by atoms with E-state index in [0.717, 1.165) is 42.1 Å². The smallest absolute Gasteiger partial charge is 0.188 e. The maximum atomic E-state index is 10.3. The van der Waals surface area contributed by atoms with Crippen molar-refractivity contribution in [3.63, 3.8) is 0 Å². The highest BCUT2D eigenvalue weighted by Gasteiger charge is 2.14. The molecule has 0 saturated carbocycles. The van der Waals surface area contributed by atoms with Crippen LogP contribution in [0.15, 0.2) is 78.9 Å². The lowest BCUT2D eigenvalue weighted by Gasteiger charge is -2.22. The van der Waals surface area contributed by atoms with Crippen LogP contribution in [0.3, 0.4) is 0 Å². The van der Waals surface area contributed by atoms with E-state index in [1.54, 1.807) is 7.11 Å². The summed E-state index contributed by atoms with van der Waals surface area (Å²) in [5.41, 5.74) is 5.87. The molecule has 0 aromatic heterocycles. The Labute approximate surface area is 215 Å². The van der Waals surface area contributed by atoms with Gasteiger partial charge in [-0.3, -0.25) is 0 Å². The van der Waals surface area contributed by atoms with E-state index >= 15 is 0 Å². The zero-order valence-corrected chi connectivity index (χ0v) is 21.9. The number of benzene rings is 3. The minimum atomic E-state index is -0.524. The van der Waals surface area contributed by atoms with Crippen LogP contribution in [-0.4, -0.2) is 56.3 Å². The summed E-state index contributed by atoms with van der Waals surface area (Å²) in [4.78, 5) is 2.19. The van der Waals surface area contributed by atoms with Gasteiger partial charge < -0.3 is 24.2 Å². The summed E-state index contributed by atoms with van der Waals surface area (Å²) in [6.45, 7) is 9.31. The molecule has 36 heavy (non-hydrogen) atoms. The van der Waals surface area contributed by atoms with Crippen molar-refractivity contribution in [1.29, 1.82) is 0 Å². The lowest BCUT2D eigenvalue weighted by atomic mass is 9.88. The number of nitrogens with zero attached hydrogens (tertiary/aromatic N) is 1. The minimum absolute atomic E-state index is 0.220. The topological polar surface area (TPSA) is 51.2 Å². The van der Waals surface area contributed by atoms with E-state index in [0.29, 0.717) is 6.54 Å². The van der Waals surface area contributed by atoms with Crippen molar-refractivity contribution >= 4 is 11.1 Å². The largest absolute Gasteiger partial charge is 0.491 e. The van der Waals surface area contributed by atoms with Crippen LogP contribution in [0.1, 0.15) is 43.9 Å². The Hall–Kier alpha value is -3.12. The quantitative estimate of drug-likeness (QED) is 0.218. The fourth-order valence-electron chi connectivity index (χ4n) is 4.27. The second kappa shape index (κ2) is 14.4. The van der Waals surface area contributed by atoms with Crippen LogP contribution < -0.4 is 9.47 Å². The van der Waals surface area contributed by atoms with Crippen molar-refractivity contribution in [3.05, 3.63) is 95.6 Å². The summed E-state index contributed by atoms with van der Waals surface area (Å²) < 4.78 is 16.5. The molecule has 1 unspecified atom stereocenters. The number of allylic oxidation sites excluding steroid dienone is 1. The Bertz CT molecular complexity index is 1060. The van der Waals surface area contributed by atoms with Crippen LogP contribution in [0.25, 0.3) is 11.1 Å². The average Bonchev–Trinajstić information content (AvgIpc) is 2.93. The Morgan fingerprint density at radius 1 is 0.750 bits per heavy atom. The fourth-order valence-corrected chi connectivity index (χ4v) is 4.27. The predicted molar refractivity (Wildman–Crippen MR) is 147 cm³/mol. The van der Waals surface area contributed by atoms with Gasteiger partial charge in [-0.05, 0) is 71.6 Å². The van der Waals surface area contributed by atoms with Crippen molar-refractivity contribution in [2.75, 3.05) is 40.1 Å². The van der Waals surface area contributed by atoms with Gasteiger partial charge in [-0.25, -0.2) is 0 Å². The number of hydrogen-bond donors (Lipinski definition) is 1. The summed E-state index contributed by atoms with van der Waals surface area (Å²) in [5, 5.41) is 10.3. The number of aliphatic hydroxyl groups is 1. The molecule has 192 valence electrons. The molecule has 0 bridgehead atoms. The first-order chi connectivity index (χ1) is 17.6. The SMILES string of the molecule is CC/C(=C(\c1ccc(OCOC)cc1)c1ccc(OCC(O)CN(CC)CC)cc1)c1ccccc1. The fraction of sp³-hybridized carbons (Fsp3) is 0.355. The van der Waals surface area contributed by atoms with E-state index in [2.05, 4.69) is 74.2 Å². The van der Waals surface area contributed by atoms with Crippen LogP contribution in [0.4, 0.5) is 0 Å². The molecular weight excluding hydrogens is 450 g/mol. The van der Waals surface area contributed by atoms with Gasteiger partial charge in [0.15, 0.2) is 6.79 Å². The van der Waals surface area contributed by atoms with Gasteiger partial charge in [-0.15, -0.1) is 0 Å². The summed E-state index contributed by atoms with van der Waals surface area (Å²) in [5.74, 6) is 1.52. The van der Waals surface area contributed by atoms with Gasteiger partial charge in [0.05, 0.1) is 0 Å². The number of methoxy groups -OCH3 is 1. The first-order valence-electron chi connectivity index (χ1n) is 12.7. The second-order valence-electron chi connectivity index (χ2n) is 8.62. The molecule has 0 fully saturated rings. The van der Waals surface area contributed by atoms with Crippen molar-refractivity contribution in [3.8, 4) is 11.5 Å². The van der Waals surface area contributed by atoms with E-state index in [4.69, 9.17) is 14.2 Å². The van der Waals surface area contributed by atoms with Crippen LogP contribution in [0.5, 0.6) is 11.5 Å². The summed E-state index contributed by atoms with van der Waals surface area (Å²) in [6, 6.07) is 26.8. The van der Waals surface area contributed by atoms with Crippen molar-refractivity contribution in [1.82, 2.24) is 4.90 Å². The zero-order chi connectivity index (χ0) is 25.8. The highest BCUT2D eigenvalue weighted by atomic mass is 16.7. The zero-order valence-electron chi connectivity index (χ0n) is 21.9. The van der Waals surface area contributed by atoms with E-state index in [1.807, 2.05) is 30.3 Å². The van der Waals surface area contributed by atoms with Crippen molar-refractivity contribution < 1.29 is 19.3 Å². The van der Waals surface area contributed by atoms with E-state index in [9.17, 15) is 5.11 Å². The monoisotopic (exact) mass is 489 g/mol. The highest BCUT2D eigenvalue weighted by molar-refractivity contribution is 5.98. The van der Waals surface area contributed by atoms with E-state index < -0.39 is 6.10 Å². The third-order valence-electron chi connectivity index (χ3n) is 6.21. The van der Waals surface area contributed by atoms with Gasteiger partial charge in [-0.2, -0.15) is 0 Å². The normalized spacial score (nSPS) is 12.8. The summed E-state index contributed by atoms with van der Waals surface area (Å²) >= 11 is 0. The van der Waals surface area contributed by atoms with E-state index in [-0.39, 0.29) is 13.4 Å². The third kappa shape index (κ3) is 7.69. The molecule has 3 aromatic rings. The van der Waals surface area contributed by atoms with Crippen molar-refractivity contribution in [2.24, 2.45) is 0 Å². The molecule has 0 aliphatic heterocycles. The molecule has 3 aromatic carbocycles. The van der Waals surface area contributed by atoms with Crippen LogP contribution in [-0.2, 0) is 4.74 Å². The first-order valence-corrected chi connectivity index (χ1v) is 12.7. The molecule has 0 aliphatic rings. The Morgan fingerprint density at radius 2 is 1.31 bits per heavy atom. The number of hydrogen-bond acceptors (Lipinski definition) is 5. The summed E-state index contributed by atoms with van der Waals surface area (Å²) in [7, 11) is 1.61. The average molecular weight is 490 g/mol. The molecule has 0 spiro atoms. The molecule has 1 atom stereocenters. The highest BCUT2D eigenvalue weighted by Crippen LogP contribution is 2.35. The Balaban J connectivity index is 1.88. The van der Waals surface area contributed by atoms with E-state index in [1.165, 1.54) is 16.7 Å². The summed E-state index contributed by atoms with van der Waals surface area (Å²) in [6.07, 6.45) is 0.362. The molecule has 0 aliphatic carbocycles. The maximum absolute atomic E-state index is 10.3. The van der Waals surface area contributed by atoms with Gasteiger partial charge in [0.25, 0.3) is 0 Å². The number of ether oxygens (including phenoxy) is 3. The second-order valence-corrected chi connectivity index (χ2v) is 8.62. The molecule has 5 heteroatoms. The van der Waals surface area contributed by atoms with Crippen LogP contribution in [0.2, 0.25) is 0 Å². The molecule has 1 N–H and O–H groups in total. The molecule has 0 radical (unpaired) electrons. The number of likely N-dealkylation sites (N-methyl/N-ethyl adjacent to an activating group) is 1. The van der Waals surface area contributed by atoms with Gasteiger partial charge >= 0.3 is 0 Å². The minimum Gasteiger partial charge on any atom is -0.491 e.